The molecule has 0 unspecified atom stereocenters. The molecule has 0 spiro atoms. The van der Waals surface area contributed by atoms with Crippen molar-refractivity contribution in [3.63, 3.8) is 0 Å². The molecule has 1 fully saturated rings. The molecule has 1 aliphatic carbocycles. The van der Waals surface area contributed by atoms with Gasteiger partial charge in [0.05, 0.1) is 7.11 Å². The van der Waals surface area contributed by atoms with Crippen molar-refractivity contribution in [1.82, 2.24) is 0 Å². The second-order valence-electron chi connectivity index (χ2n) is 5.39. The van der Waals surface area contributed by atoms with Gasteiger partial charge in [-0.25, -0.2) is 0 Å². The summed E-state index contributed by atoms with van der Waals surface area (Å²) in [7, 11) is 1.46. The molecule has 1 saturated carbocycles. The van der Waals surface area contributed by atoms with E-state index in [1.165, 1.54) is 71.3 Å². The fourth-order valence-electron chi connectivity index (χ4n) is 2.27. The van der Waals surface area contributed by atoms with Crippen LogP contribution in [0.2, 0.25) is 0 Å². The summed E-state index contributed by atoms with van der Waals surface area (Å²) in [5.41, 5.74) is 0. The quantitative estimate of drug-likeness (QED) is 0.393. The fraction of sp³-hybridized carbons (Fsp3) is 0.933. The van der Waals surface area contributed by atoms with Gasteiger partial charge in [-0.05, 0) is 12.3 Å². The highest BCUT2D eigenvalue weighted by atomic mass is 16.5. The molecule has 0 bridgehead atoms. The first kappa shape index (κ1) is 14.5. The lowest BCUT2D eigenvalue weighted by atomic mass is 10.1. The predicted octanol–water partition coefficient (Wildman–Crippen LogP) is 4.47. The van der Waals surface area contributed by atoms with E-state index < -0.39 is 0 Å². The van der Waals surface area contributed by atoms with Crippen LogP contribution in [-0.2, 0) is 9.53 Å². The summed E-state index contributed by atoms with van der Waals surface area (Å²) in [5.74, 6) is 1.04. The number of hydrogen-bond acceptors (Lipinski definition) is 2. The molecule has 0 aromatic carbocycles. The summed E-state index contributed by atoms with van der Waals surface area (Å²) in [6, 6.07) is 0. The van der Waals surface area contributed by atoms with Gasteiger partial charge in [0.1, 0.15) is 0 Å². The molecule has 2 nitrogen and oxygen atoms in total. The maximum Gasteiger partial charge on any atom is 0.305 e. The molecule has 0 heterocycles. The number of rotatable bonds is 11. The molecule has 2 heteroatoms. The minimum absolute atomic E-state index is 0.0647. The van der Waals surface area contributed by atoms with Crippen LogP contribution in [0.25, 0.3) is 0 Å². The van der Waals surface area contributed by atoms with E-state index in [-0.39, 0.29) is 5.97 Å². The van der Waals surface area contributed by atoms with Crippen LogP contribution in [0.15, 0.2) is 0 Å². The average molecular weight is 240 g/mol. The van der Waals surface area contributed by atoms with Gasteiger partial charge in [-0.3, -0.25) is 4.79 Å². The molecule has 100 valence electrons. The highest BCUT2D eigenvalue weighted by Gasteiger charge is 2.19. The molecule has 17 heavy (non-hydrogen) atoms. The Kier molecular flexibility index (Phi) is 8.12. The number of carbonyl (C=O) groups is 1. The topological polar surface area (TPSA) is 26.3 Å². The molecule has 1 rings (SSSR count). The first-order valence-corrected chi connectivity index (χ1v) is 7.39. The molecule has 0 amide bonds. The molecule has 0 N–H and O–H groups in total. The van der Waals surface area contributed by atoms with Crippen molar-refractivity contribution < 1.29 is 9.53 Å². The second-order valence-corrected chi connectivity index (χ2v) is 5.39. The fourth-order valence-corrected chi connectivity index (χ4v) is 2.27. The van der Waals surface area contributed by atoms with Gasteiger partial charge in [-0.1, -0.05) is 64.2 Å². The monoisotopic (exact) mass is 240 g/mol. The Labute approximate surface area is 106 Å². The van der Waals surface area contributed by atoms with E-state index >= 15 is 0 Å². The van der Waals surface area contributed by atoms with Crippen molar-refractivity contribution in [2.24, 2.45) is 5.92 Å². The third kappa shape index (κ3) is 9.20. The van der Waals surface area contributed by atoms with Crippen molar-refractivity contribution >= 4 is 5.97 Å². The van der Waals surface area contributed by atoms with E-state index in [2.05, 4.69) is 4.74 Å². The lowest BCUT2D eigenvalue weighted by Gasteiger charge is -2.02. The van der Waals surface area contributed by atoms with Crippen LogP contribution in [0, 0.1) is 5.92 Å². The van der Waals surface area contributed by atoms with Gasteiger partial charge in [-0.2, -0.15) is 0 Å². The first-order valence-electron chi connectivity index (χ1n) is 7.39. The molecule has 0 radical (unpaired) electrons. The van der Waals surface area contributed by atoms with Gasteiger partial charge < -0.3 is 4.74 Å². The van der Waals surface area contributed by atoms with Crippen LogP contribution in [0.4, 0.5) is 0 Å². The zero-order valence-electron chi connectivity index (χ0n) is 11.4. The Morgan fingerprint density at radius 3 is 2.00 bits per heavy atom. The number of methoxy groups -OCH3 is 1. The highest BCUT2D eigenvalue weighted by molar-refractivity contribution is 5.68. The summed E-state index contributed by atoms with van der Waals surface area (Å²) in [5, 5.41) is 0. The number of hydrogen-bond donors (Lipinski definition) is 0. The third-order valence-corrected chi connectivity index (χ3v) is 3.67. The van der Waals surface area contributed by atoms with Gasteiger partial charge >= 0.3 is 5.97 Å². The SMILES string of the molecule is COC(=O)CCCCCCCCCCC1CC1. The van der Waals surface area contributed by atoms with Crippen LogP contribution in [0.5, 0.6) is 0 Å². The number of esters is 1. The van der Waals surface area contributed by atoms with E-state index in [9.17, 15) is 4.79 Å². The molecular formula is C15H28O2. The highest BCUT2D eigenvalue weighted by Crippen LogP contribution is 2.34. The Bertz CT molecular complexity index is 197. The van der Waals surface area contributed by atoms with Gasteiger partial charge in [0.2, 0.25) is 0 Å². The van der Waals surface area contributed by atoms with E-state index in [1.54, 1.807) is 0 Å². The maximum atomic E-state index is 10.9. The number of unbranched alkanes of at least 4 members (excludes halogenated alkanes) is 7. The van der Waals surface area contributed by atoms with Crippen LogP contribution in [0.3, 0.4) is 0 Å². The number of carbonyl (C=O) groups excluding carboxylic acids is 1. The third-order valence-electron chi connectivity index (χ3n) is 3.67. The molecule has 0 aliphatic heterocycles. The predicted molar refractivity (Wildman–Crippen MR) is 70.9 cm³/mol. The van der Waals surface area contributed by atoms with Crippen LogP contribution >= 0.6 is 0 Å². The summed E-state index contributed by atoms with van der Waals surface area (Å²) in [6.45, 7) is 0. The van der Waals surface area contributed by atoms with Gasteiger partial charge in [0.25, 0.3) is 0 Å². The Morgan fingerprint density at radius 1 is 0.941 bits per heavy atom. The minimum Gasteiger partial charge on any atom is -0.469 e. The maximum absolute atomic E-state index is 10.9. The molecule has 1 aliphatic rings. The molecule has 0 aromatic heterocycles. The van der Waals surface area contributed by atoms with Crippen molar-refractivity contribution in [2.75, 3.05) is 7.11 Å². The van der Waals surface area contributed by atoms with Gasteiger partial charge in [0.15, 0.2) is 0 Å². The van der Waals surface area contributed by atoms with E-state index in [0.29, 0.717) is 6.42 Å². The van der Waals surface area contributed by atoms with Crippen LogP contribution in [0.1, 0.15) is 77.0 Å². The number of ether oxygens (including phenoxy) is 1. The standard InChI is InChI=1S/C15H28O2/c1-17-15(16)11-9-7-5-3-2-4-6-8-10-14-12-13-14/h14H,2-13H2,1H3. The van der Waals surface area contributed by atoms with E-state index in [0.717, 1.165) is 12.3 Å². The zero-order valence-corrected chi connectivity index (χ0v) is 11.4. The second kappa shape index (κ2) is 9.49. The van der Waals surface area contributed by atoms with E-state index in [1.807, 2.05) is 0 Å². The van der Waals surface area contributed by atoms with Crippen molar-refractivity contribution in [3.05, 3.63) is 0 Å². The molecular weight excluding hydrogens is 212 g/mol. The summed E-state index contributed by atoms with van der Waals surface area (Å²) >= 11 is 0. The lowest BCUT2D eigenvalue weighted by Crippen LogP contribution is -1.99. The normalized spacial score (nSPS) is 14.9. The first-order chi connectivity index (χ1) is 8.33. The van der Waals surface area contributed by atoms with Crippen molar-refractivity contribution in [1.29, 1.82) is 0 Å². The van der Waals surface area contributed by atoms with Gasteiger partial charge in [0, 0.05) is 6.42 Å². The van der Waals surface area contributed by atoms with Crippen LogP contribution < -0.4 is 0 Å². The molecule has 0 saturated heterocycles. The Balaban J connectivity index is 1.67. The average Bonchev–Trinajstić information content (AvgIpc) is 3.15. The smallest absolute Gasteiger partial charge is 0.305 e. The van der Waals surface area contributed by atoms with Crippen LogP contribution in [-0.4, -0.2) is 13.1 Å². The lowest BCUT2D eigenvalue weighted by molar-refractivity contribution is -0.140. The van der Waals surface area contributed by atoms with Gasteiger partial charge in [-0.15, -0.1) is 0 Å². The Hall–Kier alpha value is -0.530. The summed E-state index contributed by atoms with van der Waals surface area (Å²) < 4.78 is 4.61. The van der Waals surface area contributed by atoms with E-state index in [4.69, 9.17) is 0 Å². The van der Waals surface area contributed by atoms with Crippen molar-refractivity contribution in [3.8, 4) is 0 Å². The summed E-state index contributed by atoms with van der Waals surface area (Å²) in [6.07, 6.45) is 15.5. The molecule has 0 atom stereocenters. The van der Waals surface area contributed by atoms with Crippen molar-refractivity contribution in [2.45, 2.75) is 77.0 Å². The zero-order chi connectivity index (χ0) is 12.3. The largest absolute Gasteiger partial charge is 0.469 e. The molecule has 0 aromatic rings. The minimum atomic E-state index is -0.0647. The Morgan fingerprint density at radius 2 is 1.47 bits per heavy atom. The summed E-state index contributed by atoms with van der Waals surface area (Å²) in [4.78, 5) is 10.9.